The number of halogens is 6. The summed E-state index contributed by atoms with van der Waals surface area (Å²) in [6.07, 6.45) is 8.06. The van der Waals surface area contributed by atoms with E-state index in [0.717, 1.165) is 16.8 Å². The number of nitrogen functional groups attached to an aromatic ring is 1. The fraction of sp³-hybridized carbons (Fsp3) is 0.175. The maximum atomic E-state index is 14.5. The van der Waals surface area contributed by atoms with Crippen molar-refractivity contribution in [1.29, 1.82) is 15.8 Å². The number of nitrogens with two attached hydrogens (primary N) is 1. The Morgan fingerprint density at radius 3 is 1.64 bits per heavy atom. The third-order valence-corrected chi connectivity index (χ3v) is 12.7. The molecule has 0 radical (unpaired) electrons. The first-order valence-electron chi connectivity index (χ1n) is 24.7. The van der Waals surface area contributed by atoms with Crippen molar-refractivity contribution in [2.75, 3.05) is 26.1 Å². The van der Waals surface area contributed by atoms with E-state index < -0.39 is 29.3 Å². The standard InChI is InChI=1S/C23H19ClFN7O.C17H12ClFN4O2.C10H7ClFNO.C7H7N3O2/c1-12-3-21(27)31-13(2)17(12)9-29-23(33)18-10-30-32(20(18)7-26)11-14-4-15-6-16(24)8-28-22(15)19(25)5-14;1-2-25-17(24)13-8-22-23(15(13)6-20)9-10-3-11-5-12(18)7-21-16(11)14(19)4-10;11-8-3-7-1-6(5-14)2-9(12)10(7)13-4-8;1-12-4-7(11)5-3-9-10-6(5)2-8/h3-6,8,10H,9,11H2,1-2H3,(H2,27,31)(H,29,33);3-5,7-8H,2,9H2,1H3;1-4,14H,5H2;3H,4H2,1H3,(H,9,10). The van der Waals surface area contributed by atoms with E-state index >= 15 is 0 Å². The third kappa shape index (κ3) is 15.0. The molecular weight excluding hydrogens is 1150 g/mol. The van der Waals surface area contributed by atoms with Crippen LogP contribution in [0.25, 0.3) is 32.7 Å². The number of benzene rings is 3. The second-order valence-corrected chi connectivity index (χ2v) is 19.2. The van der Waals surface area contributed by atoms with Crippen LogP contribution < -0.4 is 11.1 Å². The lowest BCUT2D eigenvalue weighted by molar-refractivity contribution is 0.0525. The normalized spacial score (nSPS) is 10.6. The van der Waals surface area contributed by atoms with Crippen molar-refractivity contribution in [2.24, 2.45) is 0 Å². The molecule has 0 aliphatic rings. The van der Waals surface area contributed by atoms with Crippen LogP contribution in [0.2, 0.25) is 15.1 Å². The Kier molecular flexibility index (Phi) is 20.7. The lowest BCUT2D eigenvalue weighted by atomic mass is 10.1. The topological polar surface area (TPSA) is 315 Å². The molecule has 10 rings (SSSR count). The second-order valence-electron chi connectivity index (χ2n) is 17.9. The Morgan fingerprint density at radius 1 is 0.690 bits per heavy atom. The molecule has 0 bridgehead atoms. The van der Waals surface area contributed by atoms with Gasteiger partial charge in [0.1, 0.15) is 75.9 Å². The first-order valence-corrected chi connectivity index (χ1v) is 25.8. The predicted octanol–water partition coefficient (Wildman–Crippen LogP) is 9.62. The first-order chi connectivity index (χ1) is 40.3. The largest absolute Gasteiger partial charge is 0.462 e. The van der Waals surface area contributed by atoms with Crippen LogP contribution in [0.4, 0.5) is 19.0 Å². The maximum Gasteiger partial charge on any atom is 0.342 e. The molecule has 7 heterocycles. The number of H-pyrrole nitrogens is 1. The number of hydrogen-bond acceptors (Lipinski definition) is 17. The molecular formula is C57H45Cl3F3N15O6. The molecule has 0 unspecified atom stereocenters. The van der Waals surface area contributed by atoms with Gasteiger partial charge in [-0.05, 0) is 109 Å². The number of carbonyl (C=O) groups is 3. The summed E-state index contributed by atoms with van der Waals surface area (Å²) in [6.45, 7) is 5.77. The Labute approximate surface area is 490 Å². The van der Waals surface area contributed by atoms with Gasteiger partial charge in [-0.3, -0.25) is 29.6 Å². The summed E-state index contributed by atoms with van der Waals surface area (Å²) in [5.74, 6) is -2.35. The molecule has 84 heavy (non-hydrogen) atoms. The van der Waals surface area contributed by atoms with Gasteiger partial charge < -0.3 is 25.6 Å². The van der Waals surface area contributed by atoms with E-state index in [1.165, 1.54) is 71.9 Å². The van der Waals surface area contributed by atoms with Crippen molar-refractivity contribution >= 4 is 91.0 Å². The molecule has 5 N–H and O–H groups in total. The number of rotatable bonds is 13. The van der Waals surface area contributed by atoms with Crippen LogP contribution >= 0.6 is 34.8 Å². The van der Waals surface area contributed by atoms with E-state index in [1.54, 1.807) is 49.4 Å². The number of ether oxygens (including phenoxy) is 2. The van der Waals surface area contributed by atoms with Gasteiger partial charge >= 0.3 is 5.97 Å². The quantitative estimate of drug-likeness (QED) is 0.0616. The predicted molar refractivity (Wildman–Crippen MR) is 303 cm³/mol. The molecule has 27 heteroatoms. The van der Waals surface area contributed by atoms with Crippen LogP contribution in [0.5, 0.6) is 0 Å². The second kappa shape index (κ2) is 28.2. The zero-order chi connectivity index (χ0) is 60.8. The molecule has 0 spiro atoms. The van der Waals surface area contributed by atoms with Gasteiger partial charge in [-0.25, -0.2) is 32.3 Å². The molecule has 1 amide bonds. The molecule has 0 aliphatic heterocycles. The molecule has 0 saturated heterocycles. The van der Waals surface area contributed by atoms with Gasteiger partial charge in [0.2, 0.25) is 0 Å². The fourth-order valence-corrected chi connectivity index (χ4v) is 8.81. The molecule has 0 fully saturated rings. The average Bonchev–Trinajstić information content (AvgIpc) is 3.96. The molecule has 3 aromatic carbocycles. The lowest BCUT2D eigenvalue weighted by Gasteiger charge is -2.11. The molecule has 0 atom stereocenters. The number of aliphatic hydroxyl groups is 1. The summed E-state index contributed by atoms with van der Waals surface area (Å²) < 4.78 is 54.2. The van der Waals surface area contributed by atoms with E-state index in [0.29, 0.717) is 53.7 Å². The van der Waals surface area contributed by atoms with E-state index in [4.69, 9.17) is 55.6 Å². The van der Waals surface area contributed by atoms with E-state index in [1.807, 2.05) is 32.1 Å². The third-order valence-electron chi connectivity index (χ3n) is 12.1. The number of aliphatic hydroxyl groups excluding tert-OH is 1. The number of nitrogens with one attached hydrogen (secondary N) is 2. The molecule has 0 aliphatic carbocycles. The highest BCUT2D eigenvalue weighted by Gasteiger charge is 2.21. The molecule has 0 saturated carbocycles. The van der Waals surface area contributed by atoms with Gasteiger partial charge in [-0.1, -0.05) is 34.8 Å². The van der Waals surface area contributed by atoms with Crippen molar-refractivity contribution in [3.63, 3.8) is 0 Å². The number of anilines is 1. The Hall–Kier alpha value is -9.87. The monoisotopic (exact) mass is 1200 g/mol. The van der Waals surface area contributed by atoms with Gasteiger partial charge in [0.05, 0.1) is 71.1 Å². The van der Waals surface area contributed by atoms with Crippen LogP contribution in [-0.2, 0) is 35.7 Å². The Balaban J connectivity index is 0.000000174. The molecule has 7 aromatic heterocycles. The summed E-state index contributed by atoms with van der Waals surface area (Å²) in [5, 5.41) is 56.3. The van der Waals surface area contributed by atoms with Gasteiger partial charge in [0.25, 0.3) is 5.91 Å². The summed E-state index contributed by atoms with van der Waals surface area (Å²) in [5.41, 5.74) is 11.3. The number of carbonyl (C=O) groups excluding carboxylic acids is 3. The number of pyridine rings is 4. The molecule has 21 nitrogen and oxygen atoms in total. The van der Waals surface area contributed by atoms with Crippen molar-refractivity contribution in [2.45, 2.75) is 47.0 Å². The van der Waals surface area contributed by atoms with Crippen LogP contribution in [0.15, 0.2) is 97.8 Å². The van der Waals surface area contributed by atoms with Crippen LogP contribution in [0.3, 0.4) is 0 Å². The summed E-state index contributed by atoms with van der Waals surface area (Å²) in [6, 6.07) is 21.4. The molecule has 426 valence electrons. The van der Waals surface area contributed by atoms with Gasteiger partial charge in [-0.15, -0.1) is 0 Å². The molecule has 10 aromatic rings. The van der Waals surface area contributed by atoms with E-state index in [2.05, 4.69) is 50.4 Å². The number of Topliss-reactive ketones (excluding diaryl/α,β-unsaturated/α-hetero) is 1. The number of ketones is 1. The number of aryl methyl sites for hydroxylation is 2. The van der Waals surface area contributed by atoms with Crippen molar-refractivity contribution in [3.05, 3.63) is 198 Å². The van der Waals surface area contributed by atoms with E-state index in [9.17, 15) is 38.1 Å². The first kappa shape index (κ1) is 61.7. The summed E-state index contributed by atoms with van der Waals surface area (Å²) >= 11 is 17.6. The SMILES string of the molecule is CCOC(=O)c1cnn(Cc2cc(F)c3ncc(Cl)cc3c2)c1C#N.COCC(=O)c1cn[nH]c1C#N.Cc1cc(N)nc(C)c1CNC(=O)c1cnn(Cc2cc(F)c3ncc(Cl)cc3c2)c1C#N.OCc1cc(F)c2ncc(Cl)cc2c1. The van der Waals surface area contributed by atoms with Crippen molar-refractivity contribution < 1.29 is 42.1 Å². The van der Waals surface area contributed by atoms with Gasteiger partial charge in [0.15, 0.2) is 17.2 Å². The van der Waals surface area contributed by atoms with Crippen LogP contribution in [-0.4, -0.2) is 92.8 Å². The minimum absolute atomic E-state index is 0.0335. The number of nitrogens with zero attached hydrogens (tertiary/aromatic N) is 12. The Morgan fingerprint density at radius 2 is 1.18 bits per heavy atom. The number of nitriles is 3. The highest BCUT2D eigenvalue weighted by molar-refractivity contribution is 6.31. The maximum absolute atomic E-state index is 14.5. The number of hydrogen-bond donors (Lipinski definition) is 4. The number of fused-ring (bicyclic) bond motifs is 3. The number of esters is 1. The number of aromatic nitrogens is 10. The average molecular weight is 1200 g/mol. The smallest absolute Gasteiger partial charge is 0.342 e. The van der Waals surface area contributed by atoms with Crippen LogP contribution in [0, 0.1) is 65.3 Å². The van der Waals surface area contributed by atoms with Crippen LogP contribution in [0.1, 0.15) is 88.6 Å². The zero-order valence-electron chi connectivity index (χ0n) is 44.7. The number of amides is 1. The zero-order valence-corrected chi connectivity index (χ0v) is 46.9. The Bertz CT molecular complexity index is 4240. The van der Waals surface area contributed by atoms with Crippen molar-refractivity contribution in [3.8, 4) is 18.2 Å². The van der Waals surface area contributed by atoms with Crippen molar-refractivity contribution in [1.82, 2.24) is 55.0 Å². The van der Waals surface area contributed by atoms with Gasteiger partial charge in [-0.2, -0.15) is 31.1 Å². The fourth-order valence-electron chi connectivity index (χ4n) is 8.31. The lowest BCUT2D eigenvalue weighted by Crippen LogP contribution is -2.24. The number of methoxy groups -OCH3 is 1. The minimum atomic E-state index is -0.619. The minimum Gasteiger partial charge on any atom is -0.462 e. The number of aromatic amines is 1. The highest BCUT2D eigenvalue weighted by atomic mass is 35.5. The van der Waals surface area contributed by atoms with E-state index in [-0.39, 0.29) is 95.6 Å². The summed E-state index contributed by atoms with van der Waals surface area (Å²) in [4.78, 5) is 51.8. The summed E-state index contributed by atoms with van der Waals surface area (Å²) in [7, 11) is 1.42. The highest BCUT2D eigenvalue weighted by Crippen LogP contribution is 2.26. The van der Waals surface area contributed by atoms with Gasteiger partial charge in [0, 0.05) is 54.1 Å².